The van der Waals surface area contributed by atoms with Crippen LogP contribution in [0.5, 0.6) is 11.5 Å². The van der Waals surface area contributed by atoms with Crippen LogP contribution in [0.4, 0.5) is 17.1 Å². The summed E-state index contributed by atoms with van der Waals surface area (Å²) in [4.78, 5) is 2.46. The third kappa shape index (κ3) is 7.99. The predicted octanol–water partition coefficient (Wildman–Crippen LogP) is 20.1. The highest BCUT2D eigenvalue weighted by Crippen LogP contribution is 2.60. The molecule has 0 atom stereocenters. The number of aromatic hydroxyl groups is 1. The number of ether oxygens (including phenoxy) is 1. The lowest BCUT2D eigenvalue weighted by atomic mass is 9.80. The van der Waals surface area contributed by atoms with Gasteiger partial charge < -0.3 is 14.7 Å². The third-order valence-corrected chi connectivity index (χ3v) is 15.4. The monoisotopic (exact) mass is 959 g/mol. The highest BCUT2D eigenvalue weighted by molar-refractivity contribution is 6.30. The number of nitrogens with zero attached hydrogens (tertiary/aromatic N) is 1. The minimum absolute atomic E-state index is 0.0301. The van der Waals surface area contributed by atoms with Crippen molar-refractivity contribution in [3.63, 3.8) is 0 Å². The average Bonchev–Trinajstić information content (AvgIpc) is 3.79. The van der Waals surface area contributed by atoms with Gasteiger partial charge in [0.25, 0.3) is 0 Å². The lowest BCUT2D eigenvalue weighted by Crippen LogP contribution is -2.14. The maximum Gasteiger partial charge on any atom is 0.169 e. The first-order valence-corrected chi connectivity index (χ1v) is 26.0. The van der Waals surface area contributed by atoms with Crippen LogP contribution in [-0.2, 0) is 10.8 Å². The van der Waals surface area contributed by atoms with Gasteiger partial charge in [-0.25, -0.2) is 0 Å². The van der Waals surface area contributed by atoms with Gasteiger partial charge in [0.15, 0.2) is 11.5 Å². The second kappa shape index (κ2) is 17.7. The Kier molecular flexibility index (Phi) is 11.1. The molecule has 3 heteroatoms. The summed E-state index contributed by atoms with van der Waals surface area (Å²) in [5.41, 5.74) is 19.6. The van der Waals surface area contributed by atoms with Gasteiger partial charge in [0.05, 0.1) is 5.69 Å². The van der Waals surface area contributed by atoms with E-state index in [2.05, 4.69) is 224 Å². The Balaban J connectivity index is 1.10. The smallest absolute Gasteiger partial charge is 0.169 e. The Morgan fingerprint density at radius 1 is 0.446 bits per heavy atom. The largest absolute Gasteiger partial charge is 0.504 e. The van der Waals surface area contributed by atoms with Gasteiger partial charge in [-0.05, 0) is 208 Å². The first kappa shape index (κ1) is 46.7. The molecule has 0 bridgehead atoms. The van der Waals surface area contributed by atoms with Crippen molar-refractivity contribution in [1.29, 1.82) is 0 Å². The van der Waals surface area contributed by atoms with Crippen LogP contribution in [0.2, 0.25) is 0 Å². The Morgan fingerprint density at radius 2 is 0.946 bits per heavy atom. The number of aryl methyl sites for hydroxylation is 2. The van der Waals surface area contributed by atoms with Crippen molar-refractivity contribution in [2.75, 3.05) is 4.90 Å². The third-order valence-electron chi connectivity index (χ3n) is 15.4. The maximum atomic E-state index is 10.9. The average molecular weight is 960 g/mol. The fraction of sp³-hybridized carbons (Fsp3) is 0.155. The topological polar surface area (TPSA) is 32.7 Å². The van der Waals surface area contributed by atoms with Crippen molar-refractivity contribution in [3.05, 3.63) is 228 Å². The van der Waals surface area contributed by atoms with Gasteiger partial charge in [-0.3, -0.25) is 0 Å². The van der Waals surface area contributed by atoms with Crippen LogP contribution in [0, 0.1) is 13.8 Å². The summed E-state index contributed by atoms with van der Waals surface area (Å²) >= 11 is 0. The van der Waals surface area contributed by atoms with Crippen molar-refractivity contribution in [2.24, 2.45) is 0 Å². The number of hydrogen-bond acceptors (Lipinski definition) is 3. The molecule has 0 unspecified atom stereocenters. The molecule has 0 radical (unpaired) electrons. The first-order chi connectivity index (χ1) is 35.6. The molecule has 11 aromatic carbocycles. The summed E-state index contributed by atoms with van der Waals surface area (Å²) in [6.45, 7) is 20.1. The first-order valence-electron chi connectivity index (χ1n) is 26.0. The molecule has 3 nitrogen and oxygen atoms in total. The van der Waals surface area contributed by atoms with Crippen molar-refractivity contribution in [3.8, 4) is 56.0 Å². The van der Waals surface area contributed by atoms with Gasteiger partial charge in [-0.2, -0.15) is 0 Å². The Labute approximate surface area is 435 Å². The van der Waals surface area contributed by atoms with E-state index in [1.165, 1.54) is 88.3 Å². The van der Waals surface area contributed by atoms with E-state index >= 15 is 0 Å². The zero-order valence-electron chi connectivity index (χ0n) is 43.9. The quantitative estimate of drug-likeness (QED) is 0.122. The van der Waals surface area contributed by atoms with E-state index in [4.69, 9.17) is 4.74 Å². The molecule has 0 aliphatic heterocycles. The molecular formula is C71H61NO2. The Bertz CT molecular complexity index is 4030. The molecular weight excluding hydrogens is 899 g/mol. The molecule has 0 fully saturated rings. The number of fused-ring (bicyclic) bond motifs is 6. The van der Waals surface area contributed by atoms with E-state index in [9.17, 15) is 5.11 Å². The van der Waals surface area contributed by atoms with Gasteiger partial charge in [0.2, 0.25) is 0 Å². The number of hydrogen-bond donors (Lipinski definition) is 1. The standard InChI is InChI=1S/C71H61NO2/c1-43-17-10-14-21-55(43)66-60-39-49-26-25-46(37-45(3)74-64-42-48-20-13-12-19-47(48)41-63(64)73)38-50(49)40-61(60)67(56-22-15-11-18-44(56)2)68-58-24-16-23-57-62(36-35-59(65(57)58)69(66)68)72(53-31-27-51(28-32-53)70(4,5)6)54-33-29-52(30-34-54)71(7,8)9/h10-42,73H,1-9H3/b45-37-. The molecule has 1 aliphatic carbocycles. The van der Waals surface area contributed by atoms with Crippen LogP contribution in [0.1, 0.15) is 76.3 Å². The Morgan fingerprint density at radius 3 is 1.51 bits per heavy atom. The molecule has 0 saturated carbocycles. The number of anilines is 3. The SMILES string of the molecule is C/C(=C/c1ccc2cc3c(-c4ccccc4C)c4c(c(-c5ccccc5C)c3cc2c1)-c1cccc2c(N(c3ccc(C(C)(C)C)cc3)c3ccc(C(C)(C)C)cc3)ccc-4c12)Oc1cc2ccccc2cc1O. The van der Waals surface area contributed by atoms with Crippen LogP contribution < -0.4 is 9.64 Å². The highest BCUT2D eigenvalue weighted by atomic mass is 16.5. The number of phenolic OH excluding ortho intramolecular Hbond substituents is 1. The molecule has 11 aromatic rings. The fourth-order valence-electron chi connectivity index (χ4n) is 11.5. The van der Waals surface area contributed by atoms with Gasteiger partial charge in [-0.15, -0.1) is 0 Å². The molecule has 12 rings (SSSR count). The van der Waals surface area contributed by atoms with E-state index in [-0.39, 0.29) is 16.6 Å². The minimum atomic E-state index is 0.0301. The summed E-state index contributed by atoms with van der Waals surface area (Å²) in [6, 6.07) is 71.1. The molecule has 74 heavy (non-hydrogen) atoms. The number of phenols is 1. The summed E-state index contributed by atoms with van der Waals surface area (Å²) in [6.07, 6.45) is 2.05. The molecule has 0 spiro atoms. The van der Waals surface area contributed by atoms with E-state index in [0.717, 1.165) is 44.2 Å². The highest BCUT2D eigenvalue weighted by Gasteiger charge is 2.33. The Hall–Kier alpha value is -8.40. The molecule has 0 amide bonds. The van der Waals surface area contributed by atoms with E-state index in [1.54, 1.807) is 6.07 Å². The lowest BCUT2D eigenvalue weighted by Gasteiger charge is -2.29. The molecule has 1 aliphatic rings. The van der Waals surface area contributed by atoms with Crippen LogP contribution in [0.25, 0.3) is 93.7 Å². The summed E-state index contributed by atoms with van der Waals surface area (Å²) < 4.78 is 6.33. The maximum absolute atomic E-state index is 10.9. The molecule has 0 heterocycles. The van der Waals surface area contributed by atoms with Gasteiger partial charge in [0, 0.05) is 16.8 Å². The van der Waals surface area contributed by atoms with Crippen molar-refractivity contribution >= 4 is 66.2 Å². The van der Waals surface area contributed by atoms with Crippen molar-refractivity contribution in [1.82, 2.24) is 0 Å². The zero-order chi connectivity index (χ0) is 51.2. The van der Waals surface area contributed by atoms with Crippen LogP contribution >= 0.6 is 0 Å². The van der Waals surface area contributed by atoms with Gasteiger partial charge in [0.1, 0.15) is 5.76 Å². The number of benzene rings is 11. The van der Waals surface area contributed by atoms with Crippen LogP contribution in [0.15, 0.2) is 200 Å². The minimum Gasteiger partial charge on any atom is -0.504 e. The lowest BCUT2D eigenvalue weighted by molar-refractivity contribution is 0.386. The molecule has 0 saturated heterocycles. The molecule has 362 valence electrons. The predicted molar refractivity (Wildman–Crippen MR) is 316 cm³/mol. The van der Waals surface area contributed by atoms with Gasteiger partial charge >= 0.3 is 0 Å². The molecule has 1 N–H and O–H groups in total. The zero-order valence-corrected chi connectivity index (χ0v) is 43.9. The normalized spacial score (nSPS) is 12.5. The van der Waals surface area contributed by atoms with E-state index < -0.39 is 0 Å². The summed E-state index contributed by atoms with van der Waals surface area (Å²) in [5, 5.41) is 20.1. The second-order valence-corrected chi connectivity index (χ2v) is 22.4. The van der Waals surface area contributed by atoms with Gasteiger partial charge in [-0.1, -0.05) is 175 Å². The van der Waals surface area contributed by atoms with Crippen LogP contribution in [0.3, 0.4) is 0 Å². The molecule has 0 aromatic heterocycles. The number of rotatable bonds is 8. The van der Waals surface area contributed by atoms with E-state index in [0.29, 0.717) is 11.5 Å². The summed E-state index contributed by atoms with van der Waals surface area (Å²) in [5.74, 6) is 1.24. The van der Waals surface area contributed by atoms with Crippen molar-refractivity contribution < 1.29 is 9.84 Å². The number of allylic oxidation sites excluding steroid dienone is 1. The van der Waals surface area contributed by atoms with E-state index in [1.807, 2.05) is 37.3 Å². The fourth-order valence-corrected chi connectivity index (χ4v) is 11.5. The van der Waals surface area contributed by atoms with Crippen LogP contribution in [-0.4, -0.2) is 5.11 Å². The van der Waals surface area contributed by atoms with Crippen molar-refractivity contribution in [2.45, 2.75) is 73.1 Å². The summed E-state index contributed by atoms with van der Waals surface area (Å²) in [7, 11) is 0. The second-order valence-electron chi connectivity index (χ2n) is 22.4.